The lowest BCUT2D eigenvalue weighted by atomic mass is 10.2. The molecule has 0 aliphatic carbocycles. The van der Waals surface area contributed by atoms with E-state index in [0.29, 0.717) is 29.2 Å². The first-order valence-electron chi connectivity index (χ1n) is 10.2. The SMILES string of the molecule is Cc1ccnc(Nc2cc(Nc3ccc(NS(=O)(=O)c4cccc(C(F)(F)F)c4)cc3)ncn2)c1. The van der Waals surface area contributed by atoms with Gasteiger partial charge >= 0.3 is 6.18 Å². The molecule has 0 atom stereocenters. The molecule has 4 aromatic rings. The molecule has 8 nitrogen and oxygen atoms in total. The molecule has 0 saturated heterocycles. The Labute approximate surface area is 199 Å². The van der Waals surface area contributed by atoms with Crippen molar-refractivity contribution in [1.29, 1.82) is 0 Å². The van der Waals surface area contributed by atoms with Crippen LogP contribution in [0.15, 0.2) is 84.1 Å². The van der Waals surface area contributed by atoms with Crippen LogP contribution in [0, 0.1) is 6.92 Å². The molecular formula is C23H19F3N6O2S. The lowest BCUT2D eigenvalue weighted by molar-refractivity contribution is -0.137. The van der Waals surface area contributed by atoms with Crippen molar-refractivity contribution in [3.05, 3.63) is 90.4 Å². The summed E-state index contributed by atoms with van der Waals surface area (Å²) >= 11 is 0. The summed E-state index contributed by atoms with van der Waals surface area (Å²) in [4.78, 5) is 12.1. The third kappa shape index (κ3) is 6.23. The van der Waals surface area contributed by atoms with Crippen LogP contribution in [0.3, 0.4) is 0 Å². The Morgan fingerprint density at radius 3 is 2.11 bits per heavy atom. The Morgan fingerprint density at radius 1 is 0.771 bits per heavy atom. The zero-order valence-corrected chi connectivity index (χ0v) is 19.0. The number of aryl methyl sites for hydroxylation is 1. The molecule has 0 bridgehead atoms. The minimum absolute atomic E-state index is 0.184. The second-order valence-corrected chi connectivity index (χ2v) is 9.15. The van der Waals surface area contributed by atoms with Crippen molar-refractivity contribution in [2.45, 2.75) is 18.0 Å². The van der Waals surface area contributed by atoms with Gasteiger partial charge in [-0.05, 0) is 67.1 Å². The van der Waals surface area contributed by atoms with Crippen LogP contribution in [0.25, 0.3) is 0 Å². The number of hydrogen-bond donors (Lipinski definition) is 3. The lowest BCUT2D eigenvalue weighted by Crippen LogP contribution is -2.14. The summed E-state index contributed by atoms with van der Waals surface area (Å²) in [5.41, 5.74) is 0.782. The molecule has 0 saturated carbocycles. The van der Waals surface area contributed by atoms with Gasteiger partial charge in [0.2, 0.25) is 0 Å². The second-order valence-electron chi connectivity index (χ2n) is 7.47. The Hall–Kier alpha value is -4.19. The molecular weight excluding hydrogens is 481 g/mol. The monoisotopic (exact) mass is 500 g/mol. The van der Waals surface area contributed by atoms with Crippen molar-refractivity contribution in [2.24, 2.45) is 0 Å². The maximum atomic E-state index is 12.9. The van der Waals surface area contributed by atoms with Crippen molar-refractivity contribution < 1.29 is 21.6 Å². The summed E-state index contributed by atoms with van der Waals surface area (Å²) < 4.78 is 66.1. The van der Waals surface area contributed by atoms with Crippen molar-refractivity contribution in [2.75, 3.05) is 15.4 Å². The van der Waals surface area contributed by atoms with Gasteiger partial charge in [-0.1, -0.05) is 6.07 Å². The number of sulfonamides is 1. The third-order valence-electron chi connectivity index (χ3n) is 4.72. The number of hydrogen-bond acceptors (Lipinski definition) is 7. The summed E-state index contributed by atoms with van der Waals surface area (Å²) in [5.74, 6) is 1.63. The van der Waals surface area contributed by atoms with Crippen LogP contribution in [-0.2, 0) is 16.2 Å². The number of halogens is 3. The molecule has 2 heterocycles. The van der Waals surface area contributed by atoms with Gasteiger partial charge in [0.25, 0.3) is 10.0 Å². The van der Waals surface area contributed by atoms with Gasteiger partial charge in [-0.25, -0.2) is 23.4 Å². The molecule has 0 radical (unpaired) electrons. The Bertz CT molecular complexity index is 1440. The number of pyridine rings is 1. The van der Waals surface area contributed by atoms with E-state index in [1.165, 1.54) is 18.5 Å². The number of nitrogens with one attached hydrogen (secondary N) is 3. The Kier molecular flexibility index (Phi) is 6.56. The number of anilines is 5. The number of rotatable bonds is 7. The first-order chi connectivity index (χ1) is 16.6. The molecule has 0 amide bonds. The molecule has 2 aromatic carbocycles. The normalized spacial score (nSPS) is 11.7. The highest BCUT2D eigenvalue weighted by Gasteiger charge is 2.31. The van der Waals surface area contributed by atoms with E-state index in [4.69, 9.17) is 0 Å². The van der Waals surface area contributed by atoms with E-state index < -0.39 is 26.7 Å². The molecule has 0 aliphatic heterocycles. The number of benzene rings is 2. The summed E-state index contributed by atoms with van der Waals surface area (Å²) in [6.07, 6.45) is -1.59. The van der Waals surface area contributed by atoms with Crippen molar-refractivity contribution >= 4 is 38.9 Å². The van der Waals surface area contributed by atoms with Gasteiger partial charge in [0, 0.05) is 23.6 Å². The van der Waals surface area contributed by atoms with Gasteiger partial charge in [-0.15, -0.1) is 0 Å². The van der Waals surface area contributed by atoms with Crippen LogP contribution in [0.5, 0.6) is 0 Å². The molecule has 180 valence electrons. The average molecular weight is 501 g/mol. The predicted octanol–water partition coefficient (Wildman–Crippen LogP) is 5.49. The molecule has 2 aromatic heterocycles. The summed E-state index contributed by atoms with van der Waals surface area (Å²) in [6.45, 7) is 1.95. The molecule has 12 heteroatoms. The fourth-order valence-electron chi connectivity index (χ4n) is 3.05. The second kappa shape index (κ2) is 9.58. The van der Waals surface area contributed by atoms with Crippen molar-refractivity contribution in [3.8, 4) is 0 Å². The third-order valence-corrected chi connectivity index (χ3v) is 6.10. The Balaban J connectivity index is 1.44. The lowest BCUT2D eigenvalue weighted by Gasteiger charge is -2.12. The fourth-order valence-corrected chi connectivity index (χ4v) is 4.16. The van der Waals surface area contributed by atoms with E-state index in [-0.39, 0.29) is 5.69 Å². The Morgan fingerprint density at radius 2 is 1.43 bits per heavy atom. The molecule has 4 rings (SSSR count). The molecule has 0 aliphatic rings. The highest BCUT2D eigenvalue weighted by atomic mass is 32.2. The maximum Gasteiger partial charge on any atom is 0.416 e. The van der Waals surface area contributed by atoms with Crippen LogP contribution in [-0.4, -0.2) is 23.4 Å². The standard InChI is InChI=1S/C23H19F3N6O2S/c1-15-9-10-27-20(11-15)31-22-13-21(28-14-29-22)30-17-5-7-18(8-6-17)32-35(33,34)19-4-2-3-16(12-19)23(24,25)26/h2-14,32H,1H3,(H2,27,28,29,30,31). The summed E-state index contributed by atoms with van der Waals surface area (Å²) in [5, 5.41) is 6.16. The molecule has 0 fully saturated rings. The number of nitrogens with zero attached hydrogens (tertiary/aromatic N) is 3. The summed E-state index contributed by atoms with van der Waals surface area (Å²) in [7, 11) is -4.21. The van der Waals surface area contributed by atoms with Crippen LogP contribution >= 0.6 is 0 Å². The van der Waals surface area contributed by atoms with E-state index in [2.05, 4.69) is 30.3 Å². The summed E-state index contributed by atoms with van der Waals surface area (Å²) in [6, 6.07) is 15.1. The highest BCUT2D eigenvalue weighted by molar-refractivity contribution is 7.92. The van der Waals surface area contributed by atoms with Gasteiger partial charge in [0.05, 0.1) is 10.5 Å². The first-order valence-corrected chi connectivity index (χ1v) is 11.7. The number of alkyl halides is 3. The predicted molar refractivity (Wildman–Crippen MR) is 126 cm³/mol. The van der Waals surface area contributed by atoms with Gasteiger partial charge < -0.3 is 10.6 Å². The van der Waals surface area contributed by atoms with Crippen molar-refractivity contribution in [3.63, 3.8) is 0 Å². The van der Waals surface area contributed by atoms with Gasteiger partial charge in [0.1, 0.15) is 23.8 Å². The zero-order valence-electron chi connectivity index (χ0n) is 18.2. The van der Waals surface area contributed by atoms with Crippen LogP contribution in [0.1, 0.15) is 11.1 Å². The van der Waals surface area contributed by atoms with Crippen LogP contribution in [0.4, 0.5) is 42.0 Å². The molecule has 35 heavy (non-hydrogen) atoms. The topological polar surface area (TPSA) is 109 Å². The smallest absolute Gasteiger partial charge is 0.340 e. The van der Waals surface area contributed by atoms with Crippen molar-refractivity contribution in [1.82, 2.24) is 15.0 Å². The fraction of sp³-hybridized carbons (Fsp3) is 0.0870. The number of aromatic nitrogens is 3. The molecule has 0 unspecified atom stereocenters. The average Bonchev–Trinajstić information content (AvgIpc) is 2.80. The highest BCUT2D eigenvalue weighted by Crippen LogP contribution is 2.31. The van der Waals surface area contributed by atoms with Gasteiger partial charge in [0.15, 0.2) is 0 Å². The first kappa shape index (κ1) is 24.0. The minimum Gasteiger partial charge on any atom is -0.340 e. The van der Waals surface area contributed by atoms with Gasteiger partial charge in [-0.3, -0.25) is 4.72 Å². The quantitative estimate of drug-likeness (QED) is 0.308. The van der Waals surface area contributed by atoms with E-state index >= 15 is 0 Å². The molecule has 3 N–H and O–H groups in total. The van der Waals surface area contributed by atoms with E-state index in [1.54, 1.807) is 24.4 Å². The van der Waals surface area contributed by atoms with Crippen LogP contribution in [0.2, 0.25) is 0 Å². The van der Waals surface area contributed by atoms with Gasteiger partial charge in [-0.2, -0.15) is 13.2 Å². The maximum absolute atomic E-state index is 12.9. The largest absolute Gasteiger partial charge is 0.416 e. The van der Waals surface area contributed by atoms with E-state index in [1.807, 2.05) is 19.1 Å². The van der Waals surface area contributed by atoms with Crippen LogP contribution < -0.4 is 15.4 Å². The minimum atomic E-state index is -4.65. The zero-order chi connectivity index (χ0) is 25.1. The van der Waals surface area contributed by atoms with E-state index in [0.717, 1.165) is 23.8 Å². The van der Waals surface area contributed by atoms with E-state index in [9.17, 15) is 21.6 Å². The molecule has 0 spiro atoms.